The molecular formula is C10H17N5. The Balaban J connectivity index is 2.57. The van der Waals surface area contributed by atoms with Gasteiger partial charge in [-0.05, 0) is 26.0 Å². The highest BCUT2D eigenvalue weighted by molar-refractivity contribution is 5.77. The first-order valence-electron chi connectivity index (χ1n) is 5.09. The van der Waals surface area contributed by atoms with E-state index in [1.54, 1.807) is 6.20 Å². The van der Waals surface area contributed by atoms with E-state index in [0.29, 0.717) is 12.5 Å². The summed E-state index contributed by atoms with van der Waals surface area (Å²) in [7, 11) is 0. The van der Waals surface area contributed by atoms with Crippen molar-refractivity contribution in [3.63, 3.8) is 0 Å². The van der Waals surface area contributed by atoms with Crippen molar-refractivity contribution in [2.24, 2.45) is 10.7 Å². The number of aliphatic imine (C=N–C) groups is 1. The summed E-state index contributed by atoms with van der Waals surface area (Å²) in [6, 6.07) is 3.72. The van der Waals surface area contributed by atoms with Gasteiger partial charge < -0.3 is 10.6 Å². The third-order valence-electron chi connectivity index (χ3n) is 2.12. The minimum absolute atomic E-state index is 0.482. The van der Waals surface area contributed by atoms with Crippen LogP contribution in [0.15, 0.2) is 23.3 Å². The molecule has 0 aliphatic carbocycles. The summed E-state index contributed by atoms with van der Waals surface area (Å²) in [5.41, 5.74) is 6.64. The molecule has 0 aliphatic rings. The lowest BCUT2D eigenvalue weighted by atomic mass is 10.4. The van der Waals surface area contributed by atoms with E-state index >= 15 is 0 Å². The topological polar surface area (TPSA) is 67.4 Å². The van der Waals surface area contributed by atoms with Gasteiger partial charge in [0.25, 0.3) is 0 Å². The Labute approximate surface area is 90.0 Å². The molecule has 0 saturated carbocycles. The molecule has 5 heteroatoms. The van der Waals surface area contributed by atoms with Crippen LogP contribution < -0.4 is 5.73 Å². The largest absolute Gasteiger partial charge is 0.370 e. The molecule has 0 bridgehead atoms. The molecule has 0 aliphatic heterocycles. The van der Waals surface area contributed by atoms with E-state index in [4.69, 9.17) is 5.73 Å². The summed E-state index contributed by atoms with van der Waals surface area (Å²) in [5, 5.41) is 7.70. The van der Waals surface area contributed by atoms with Crippen molar-refractivity contribution in [1.82, 2.24) is 15.1 Å². The number of hydrogen-bond donors (Lipinski definition) is 1. The zero-order valence-electron chi connectivity index (χ0n) is 9.22. The average Bonchev–Trinajstić information content (AvgIpc) is 2.29. The van der Waals surface area contributed by atoms with E-state index < -0.39 is 0 Å². The minimum atomic E-state index is 0.482. The predicted molar refractivity (Wildman–Crippen MR) is 60.3 cm³/mol. The van der Waals surface area contributed by atoms with E-state index in [9.17, 15) is 0 Å². The van der Waals surface area contributed by atoms with Gasteiger partial charge in [0.05, 0.1) is 12.2 Å². The maximum Gasteiger partial charge on any atom is 0.191 e. The van der Waals surface area contributed by atoms with Crippen LogP contribution in [0.2, 0.25) is 0 Å². The van der Waals surface area contributed by atoms with Gasteiger partial charge >= 0.3 is 0 Å². The summed E-state index contributed by atoms with van der Waals surface area (Å²) in [6.45, 7) is 6.32. The molecule has 15 heavy (non-hydrogen) atoms. The summed E-state index contributed by atoms with van der Waals surface area (Å²) in [6.07, 6.45) is 1.64. The van der Waals surface area contributed by atoms with Crippen molar-refractivity contribution in [1.29, 1.82) is 0 Å². The lowest BCUT2D eigenvalue weighted by molar-refractivity contribution is 0.458. The molecule has 0 fully saturated rings. The van der Waals surface area contributed by atoms with Crippen molar-refractivity contribution in [3.05, 3.63) is 24.0 Å². The van der Waals surface area contributed by atoms with Gasteiger partial charge in [0.1, 0.15) is 0 Å². The molecule has 2 N–H and O–H groups in total. The standard InChI is InChI=1S/C10H17N5/c1-3-15(4-2)10(11)12-8-9-6-5-7-13-14-9/h5-7H,3-4,8H2,1-2H3,(H2,11,12). The van der Waals surface area contributed by atoms with Crippen LogP contribution in [0.3, 0.4) is 0 Å². The molecule has 1 aromatic rings. The average molecular weight is 207 g/mol. The summed E-state index contributed by atoms with van der Waals surface area (Å²) >= 11 is 0. The molecule has 0 atom stereocenters. The van der Waals surface area contributed by atoms with Gasteiger partial charge in [0.2, 0.25) is 0 Å². The molecule has 1 aromatic heterocycles. The van der Waals surface area contributed by atoms with Crippen LogP contribution in [-0.2, 0) is 6.54 Å². The van der Waals surface area contributed by atoms with Crippen molar-refractivity contribution < 1.29 is 0 Å². The fraction of sp³-hybridized carbons (Fsp3) is 0.500. The fourth-order valence-electron chi connectivity index (χ4n) is 1.23. The van der Waals surface area contributed by atoms with E-state index in [-0.39, 0.29) is 0 Å². The number of rotatable bonds is 4. The normalized spacial score (nSPS) is 11.5. The number of guanidine groups is 1. The molecule has 0 unspecified atom stereocenters. The Morgan fingerprint density at radius 2 is 2.20 bits per heavy atom. The smallest absolute Gasteiger partial charge is 0.191 e. The number of nitrogens with zero attached hydrogens (tertiary/aromatic N) is 4. The van der Waals surface area contributed by atoms with Crippen LogP contribution in [0.4, 0.5) is 0 Å². The van der Waals surface area contributed by atoms with Gasteiger partial charge in [-0.1, -0.05) is 0 Å². The zero-order valence-corrected chi connectivity index (χ0v) is 9.22. The van der Waals surface area contributed by atoms with Crippen LogP contribution >= 0.6 is 0 Å². The van der Waals surface area contributed by atoms with E-state index in [0.717, 1.165) is 18.8 Å². The first kappa shape index (κ1) is 11.4. The lowest BCUT2D eigenvalue weighted by Crippen LogP contribution is -2.37. The minimum Gasteiger partial charge on any atom is -0.370 e. The Bertz CT molecular complexity index is 305. The molecule has 1 rings (SSSR count). The van der Waals surface area contributed by atoms with E-state index in [1.807, 2.05) is 30.9 Å². The fourth-order valence-corrected chi connectivity index (χ4v) is 1.23. The third kappa shape index (κ3) is 3.53. The van der Waals surface area contributed by atoms with E-state index in [1.165, 1.54) is 0 Å². The first-order valence-corrected chi connectivity index (χ1v) is 5.09. The summed E-state index contributed by atoms with van der Waals surface area (Å²) in [4.78, 5) is 6.25. The highest BCUT2D eigenvalue weighted by Crippen LogP contribution is 1.95. The maximum absolute atomic E-state index is 5.81. The van der Waals surface area contributed by atoms with Crippen molar-refractivity contribution >= 4 is 5.96 Å². The molecule has 0 spiro atoms. The second-order valence-electron chi connectivity index (χ2n) is 3.06. The first-order chi connectivity index (χ1) is 7.27. The van der Waals surface area contributed by atoms with Gasteiger partial charge in [-0.3, -0.25) is 0 Å². The van der Waals surface area contributed by atoms with Gasteiger partial charge in [-0.25, -0.2) is 4.99 Å². The second kappa shape index (κ2) is 5.95. The molecule has 0 radical (unpaired) electrons. The SMILES string of the molecule is CCN(CC)C(N)=NCc1cccnn1. The Hall–Kier alpha value is -1.65. The van der Waals surface area contributed by atoms with Crippen LogP contribution in [-0.4, -0.2) is 34.1 Å². The Morgan fingerprint density at radius 1 is 1.47 bits per heavy atom. The highest BCUT2D eigenvalue weighted by atomic mass is 15.2. The van der Waals surface area contributed by atoms with Gasteiger partial charge in [-0.15, -0.1) is 0 Å². The van der Waals surface area contributed by atoms with Gasteiger partial charge in [0, 0.05) is 19.3 Å². The molecule has 1 heterocycles. The van der Waals surface area contributed by atoms with E-state index in [2.05, 4.69) is 15.2 Å². The van der Waals surface area contributed by atoms with Crippen LogP contribution in [0, 0.1) is 0 Å². The van der Waals surface area contributed by atoms with Crippen LogP contribution in [0.5, 0.6) is 0 Å². The van der Waals surface area contributed by atoms with Crippen molar-refractivity contribution in [3.8, 4) is 0 Å². The summed E-state index contributed by atoms with van der Waals surface area (Å²) in [5.74, 6) is 0.561. The molecular weight excluding hydrogens is 190 g/mol. The Morgan fingerprint density at radius 3 is 2.73 bits per heavy atom. The summed E-state index contributed by atoms with van der Waals surface area (Å²) < 4.78 is 0. The maximum atomic E-state index is 5.81. The Kier molecular flexibility index (Phi) is 4.53. The van der Waals surface area contributed by atoms with Crippen LogP contribution in [0.1, 0.15) is 19.5 Å². The van der Waals surface area contributed by atoms with Gasteiger partial charge in [-0.2, -0.15) is 10.2 Å². The zero-order chi connectivity index (χ0) is 11.1. The van der Waals surface area contributed by atoms with Crippen molar-refractivity contribution in [2.45, 2.75) is 20.4 Å². The number of hydrogen-bond acceptors (Lipinski definition) is 3. The number of nitrogens with two attached hydrogens (primary N) is 1. The molecule has 0 aromatic carbocycles. The molecule has 5 nitrogen and oxygen atoms in total. The number of aromatic nitrogens is 2. The van der Waals surface area contributed by atoms with Crippen molar-refractivity contribution in [2.75, 3.05) is 13.1 Å². The van der Waals surface area contributed by atoms with Gasteiger partial charge in [0.15, 0.2) is 5.96 Å². The van der Waals surface area contributed by atoms with Crippen LogP contribution in [0.25, 0.3) is 0 Å². The third-order valence-corrected chi connectivity index (χ3v) is 2.12. The molecule has 0 saturated heterocycles. The monoisotopic (exact) mass is 207 g/mol. The second-order valence-corrected chi connectivity index (χ2v) is 3.06. The lowest BCUT2D eigenvalue weighted by Gasteiger charge is -2.19. The quantitative estimate of drug-likeness (QED) is 0.581. The highest BCUT2D eigenvalue weighted by Gasteiger charge is 2.01. The molecule has 0 amide bonds. The molecule has 82 valence electrons. The predicted octanol–water partition coefficient (Wildman–Crippen LogP) is 0.633.